The van der Waals surface area contributed by atoms with Crippen molar-refractivity contribution in [2.45, 2.75) is 24.2 Å². The van der Waals surface area contributed by atoms with Crippen LogP contribution < -0.4 is 5.32 Å². The van der Waals surface area contributed by atoms with Crippen molar-refractivity contribution in [1.29, 1.82) is 0 Å². The van der Waals surface area contributed by atoms with Gasteiger partial charge in [0.2, 0.25) is 5.91 Å². The first kappa shape index (κ1) is 14.7. The Morgan fingerprint density at radius 3 is 2.90 bits per heavy atom. The van der Waals surface area contributed by atoms with Crippen LogP contribution in [-0.4, -0.2) is 28.2 Å². The second kappa shape index (κ2) is 8.43. The van der Waals surface area contributed by atoms with Crippen LogP contribution in [0.2, 0.25) is 0 Å². The summed E-state index contributed by atoms with van der Waals surface area (Å²) in [6.07, 6.45) is 5.89. The number of hydrogen-bond acceptors (Lipinski definition) is 3. The molecule has 4 nitrogen and oxygen atoms in total. The molecule has 5 heteroatoms. The van der Waals surface area contributed by atoms with Crippen LogP contribution in [0.25, 0.3) is 0 Å². The van der Waals surface area contributed by atoms with Gasteiger partial charge in [-0.15, -0.1) is 11.8 Å². The van der Waals surface area contributed by atoms with Crippen molar-refractivity contribution in [2.75, 3.05) is 12.3 Å². The molecule has 1 heterocycles. The Kier molecular flexibility index (Phi) is 6.17. The molecule has 1 amide bonds. The largest absolute Gasteiger partial charge is 0.356 e. The lowest BCUT2D eigenvalue weighted by atomic mass is 10.3. The molecule has 0 saturated heterocycles. The van der Waals surface area contributed by atoms with Crippen LogP contribution in [0.15, 0.2) is 47.6 Å². The molecule has 0 spiro atoms. The monoisotopic (exact) mass is 289 g/mol. The van der Waals surface area contributed by atoms with Crippen LogP contribution in [-0.2, 0) is 11.2 Å². The van der Waals surface area contributed by atoms with Crippen LogP contribution in [0.1, 0.15) is 18.7 Å². The van der Waals surface area contributed by atoms with E-state index in [0.717, 1.165) is 24.4 Å². The Bertz CT molecular complexity index is 499. The van der Waals surface area contributed by atoms with E-state index in [4.69, 9.17) is 0 Å². The Balaban J connectivity index is 1.52. The van der Waals surface area contributed by atoms with Crippen molar-refractivity contribution >= 4 is 17.7 Å². The minimum absolute atomic E-state index is 0.118. The molecular formula is C15H19N3OS. The molecule has 2 rings (SSSR count). The molecular weight excluding hydrogens is 270 g/mol. The molecule has 0 saturated carbocycles. The normalized spacial score (nSPS) is 10.4. The fourth-order valence-corrected chi connectivity index (χ4v) is 2.66. The van der Waals surface area contributed by atoms with Crippen LogP contribution in [0.4, 0.5) is 0 Å². The van der Waals surface area contributed by atoms with Crippen molar-refractivity contribution < 1.29 is 4.79 Å². The molecule has 0 radical (unpaired) electrons. The molecule has 0 bridgehead atoms. The van der Waals surface area contributed by atoms with E-state index >= 15 is 0 Å². The summed E-state index contributed by atoms with van der Waals surface area (Å²) < 4.78 is 0. The number of benzene rings is 1. The van der Waals surface area contributed by atoms with Gasteiger partial charge in [-0.25, -0.2) is 4.98 Å². The lowest BCUT2D eigenvalue weighted by Crippen LogP contribution is -2.25. The number of carbonyl (C=O) groups excluding carboxylic acids is 1. The number of carbonyl (C=O) groups is 1. The SMILES string of the molecule is O=C(CCSc1ccccc1)NCCCc1ncc[nH]1. The second-order valence-corrected chi connectivity index (χ2v) is 5.57. The molecule has 0 aliphatic heterocycles. The minimum atomic E-state index is 0.118. The van der Waals surface area contributed by atoms with E-state index < -0.39 is 0 Å². The van der Waals surface area contributed by atoms with Gasteiger partial charge in [0.25, 0.3) is 0 Å². The molecule has 20 heavy (non-hydrogen) atoms. The predicted molar refractivity (Wildman–Crippen MR) is 81.7 cm³/mol. The molecule has 0 unspecified atom stereocenters. The zero-order chi connectivity index (χ0) is 14.0. The third kappa shape index (κ3) is 5.48. The highest BCUT2D eigenvalue weighted by Crippen LogP contribution is 2.17. The van der Waals surface area contributed by atoms with Gasteiger partial charge < -0.3 is 10.3 Å². The van der Waals surface area contributed by atoms with Gasteiger partial charge in [0.15, 0.2) is 0 Å². The van der Waals surface area contributed by atoms with Gasteiger partial charge in [0.05, 0.1) is 0 Å². The van der Waals surface area contributed by atoms with Gasteiger partial charge in [0.1, 0.15) is 5.82 Å². The highest BCUT2D eigenvalue weighted by atomic mass is 32.2. The number of aromatic nitrogens is 2. The van der Waals surface area contributed by atoms with Crippen molar-refractivity contribution in [3.8, 4) is 0 Å². The number of H-pyrrole nitrogens is 1. The molecule has 2 N–H and O–H groups in total. The zero-order valence-electron chi connectivity index (χ0n) is 11.3. The maximum Gasteiger partial charge on any atom is 0.220 e. The molecule has 1 aromatic carbocycles. The molecule has 0 aliphatic rings. The molecule has 0 aliphatic carbocycles. The zero-order valence-corrected chi connectivity index (χ0v) is 12.2. The highest BCUT2D eigenvalue weighted by Gasteiger charge is 2.02. The third-order valence-electron chi connectivity index (χ3n) is 2.81. The lowest BCUT2D eigenvalue weighted by Gasteiger charge is -2.04. The number of aryl methyl sites for hydroxylation is 1. The predicted octanol–water partition coefficient (Wildman–Crippen LogP) is 2.64. The topological polar surface area (TPSA) is 57.8 Å². The Hall–Kier alpha value is -1.75. The first-order valence-corrected chi connectivity index (χ1v) is 7.76. The van der Waals surface area contributed by atoms with Gasteiger partial charge in [0, 0.05) is 42.4 Å². The fourth-order valence-electron chi connectivity index (χ4n) is 1.79. The van der Waals surface area contributed by atoms with Gasteiger partial charge >= 0.3 is 0 Å². The summed E-state index contributed by atoms with van der Waals surface area (Å²) in [4.78, 5) is 20.0. The summed E-state index contributed by atoms with van der Waals surface area (Å²) >= 11 is 1.71. The first-order valence-electron chi connectivity index (χ1n) is 6.77. The second-order valence-electron chi connectivity index (χ2n) is 4.40. The highest BCUT2D eigenvalue weighted by molar-refractivity contribution is 7.99. The molecule has 0 atom stereocenters. The number of rotatable bonds is 8. The summed E-state index contributed by atoms with van der Waals surface area (Å²) in [6, 6.07) is 10.1. The average molecular weight is 289 g/mol. The third-order valence-corrected chi connectivity index (χ3v) is 3.82. The summed E-state index contributed by atoms with van der Waals surface area (Å²) in [5.41, 5.74) is 0. The van der Waals surface area contributed by atoms with Gasteiger partial charge in [-0.2, -0.15) is 0 Å². The number of nitrogens with one attached hydrogen (secondary N) is 2. The smallest absolute Gasteiger partial charge is 0.220 e. The maximum atomic E-state index is 11.6. The first-order chi connectivity index (χ1) is 9.84. The van der Waals surface area contributed by atoms with E-state index in [1.54, 1.807) is 18.0 Å². The lowest BCUT2D eigenvalue weighted by molar-refractivity contribution is -0.120. The van der Waals surface area contributed by atoms with E-state index in [2.05, 4.69) is 27.4 Å². The Morgan fingerprint density at radius 1 is 1.30 bits per heavy atom. The van der Waals surface area contributed by atoms with E-state index in [1.165, 1.54) is 4.90 Å². The summed E-state index contributed by atoms with van der Waals surface area (Å²) in [7, 11) is 0. The molecule has 1 aromatic heterocycles. The van der Waals surface area contributed by atoms with Crippen LogP contribution in [0.3, 0.4) is 0 Å². The number of amides is 1. The number of aromatic amines is 1. The summed E-state index contributed by atoms with van der Waals surface area (Å²) in [6.45, 7) is 0.704. The maximum absolute atomic E-state index is 11.6. The molecule has 106 valence electrons. The van der Waals surface area contributed by atoms with Crippen molar-refractivity contribution in [2.24, 2.45) is 0 Å². The Morgan fingerprint density at radius 2 is 2.15 bits per heavy atom. The Labute approximate surface area is 123 Å². The average Bonchev–Trinajstić information content (AvgIpc) is 2.98. The van der Waals surface area contributed by atoms with E-state index in [0.29, 0.717) is 13.0 Å². The van der Waals surface area contributed by atoms with Crippen molar-refractivity contribution in [1.82, 2.24) is 15.3 Å². The minimum Gasteiger partial charge on any atom is -0.356 e. The van der Waals surface area contributed by atoms with Gasteiger partial charge in [-0.1, -0.05) is 18.2 Å². The fraction of sp³-hybridized carbons (Fsp3) is 0.333. The van der Waals surface area contributed by atoms with Crippen molar-refractivity contribution in [3.63, 3.8) is 0 Å². The van der Waals surface area contributed by atoms with Gasteiger partial charge in [-0.3, -0.25) is 4.79 Å². The van der Waals surface area contributed by atoms with E-state index in [9.17, 15) is 4.79 Å². The van der Waals surface area contributed by atoms with Crippen LogP contribution in [0, 0.1) is 0 Å². The van der Waals surface area contributed by atoms with Crippen molar-refractivity contribution in [3.05, 3.63) is 48.5 Å². The van der Waals surface area contributed by atoms with E-state index in [1.807, 2.05) is 24.4 Å². The number of hydrogen-bond donors (Lipinski definition) is 2. The standard InChI is InChI=1S/C15H19N3OS/c19-15(8-12-20-13-5-2-1-3-6-13)18-9-4-7-14-16-10-11-17-14/h1-3,5-6,10-11H,4,7-9,12H2,(H,16,17)(H,18,19). The summed E-state index contributed by atoms with van der Waals surface area (Å²) in [5.74, 6) is 1.90. The number of imidazole rings is 1. The number of thioether (sulfide) groups is 1. The van der Waals surface area contributed by atoms with E-state index in [-0.39, 0.29) is 5.91 Å². The van der Waals surface area contributed by atoms with Gasteiger partial charge in [-0.05, 0) is 18.6 Å². The van der Waals surface area contributed by atoms with Crippen LogP contribution >= 0.6 is 11.8 Å². The molecule has 0 fully saturated rings. The van der Waals surface area contributed by atoms with Crippen LogP contribution in [0.5, 0.6) is 0 Å². The number of nitrogens with zero attached hydrogens (tertiary/aromatic N) is 1. The summed E-state index contributed by atoms with van der Waals surface area (Å²) in [5, 5.41) is 2.94. The molecule has 2 aromatic rings. The quantitative estimate of drug-likeness (QED) is 0.580.